The maximum absolute atomic E-state index is 5.65. The van der Waals surface area contributed by atoms with Crippen LogP contribution in [0.1, 0.15) is 26.7 Å². The molecule has 4 aromatic rings. The van der Waals surface area contributed by atoms with Crippen molar-refractivity contribution >= 4 is 11.0 Å². The third-order valence-electron chi connectivity index (χ3n) is 3.80. The number of pyridine rings is 1. The van der Waals surface area contributed by atoms with Gasteiger partial charge in [-0.3, -0.25) is 4.57 Å². The molecule has 4 rings (SSSR count). The number of aromatic nitrogens is 5. The van der Waals surface area contributed by atoms with E-state index in [1.807, 2.05) is 61.7 Å². The first-order valence-corrected chi connectivity index (χ1v) is 8.35. The number of nitrogens with zero attached hydrogens (tertiary/aromatic N) is 5. The standard InChI is InChI=1S/C19H19N5O2/c1-19(2,3)25-11-17-22-18(23-26-17)13-8-9-16(20-10-13)24-12-21-14-6-4-5-7-15(14)24/h4-10,12H,11H2,1-3H3. The molecule has 3 heterocycles. The molecule has 7 heteroatoms. The SMILES string of the molecule is CC(C)(C)OCc1nc(-c2ccc(-n3cnc4ccccc43)nc2)no1. The minimum Gasteiger partial charge on any atom is -0.366 e. The number of rotatable bonds is 4. The molecule has 0 aliphatic heterocycles. The summed E-state index contributed by atoms with van der Waals surface area (Å²) in [6.07, 6.45) is 3.49. The molecule has 132 valence electrons. The predicted molar refractivity (Wildman–Crippen MR) is 96.7 cm³/mol. The Kier molecular flexibility index (Phi) is 4.00. The molecule has 0 saturated heterocycles. The molecular weight excluding hydrogens is 330 g/mol. The monoisotopic (exact) mass is 349 g/mol. The molecule has 0 fully saturated rings. The second kappa shape index (κ2) is 6.34. The zero-order valence-corrected chi connectivity index (χ0v) is 14.9. The second-order valence-corrected chi connectivity index (χ2v) is 6.92. The number of imidazole rings is 1. The van der Waals surface area contributed by atoms with Crippen LogP contribution in [-0.4, -0.2) is 30.3 Å². The summed E-state index contributed by atoms with van der Waals surface area (Å²) in [5.41, 5.74) is 2.46. The molecule has 0 N–H and O–H groups in total. The third-order valence-corrected chi connectivity index (χ3v) is 3.80. The quantitative estimate of drug-likeness (QED) is 0.558. The van der Waals surface area contributed by atoms with Crippen molar-refractivity contribution in [1.29, 1.82) is 0 Å². The normalized spacial score (nSPS) is 12.0. The first-order valence-electron chi connectivity index (χ1n) is 8.35. The first-order chi connectivity index (χ1) is 12.5. The fraction of sp³-hybridized carbons (Fsp3) is 0.263. The maximum Gasteiger partial charge on any atom is 0.252 e. The van der Waals surface area contributed by atoms with Gasteiger partial charge in [-0.2, -0.15) is 4.98 Å². The molecule has 0 aliphatic rings. The number of benzene rings is 1. The summed E-state index contributed by atoms with van der Waals surface area (Å²) in [5.74, 6) is 1.72. The van der Waals surface area contributed by atoms with Gasteiger partial charge in [-0.15, -0.1) is 0 Å². The van der Waals surface area contributed by atoms with E-state index >= 15 is 0 Å². The van der Waals surface area contributed by atoms with Crippen molar-refractivity contribution in [3.05, 3.63) is 54.8 Å². The van der Waals surface area contributed by atoms with Gasteiger partial charge in [-0.1, -0.05) is 17.3 Å². The van der Waals surface area contributed by atoms with Crippen LogP contribution in [0, 0.1) is 0 Å². The smallest absolute Gasteiger partial charge is 0.252 e. The van der Waals surface area contributed by atoms with Crippen LogP contribution in [0.3, 0.4) is 0 Å². The predicted octanol–water partition coefficient (Wildman–Crippen LogP) is 3.79. The van der Waals surface area contributed by atoms with E-state index in [2.05, 4.69) is 20.1 Å². The Bertz CT molecular complexity index is 1030. The van der Waals surface area contributed by atoms with Crippen molar-refractivity contribution in [3.8, 4) is 17.2 Å². The molecule has 1 aromatic carbocycles. The van der Waals surface area contributed by atoms with Gasteiger partial charge >= 0.3 is 0 Å². The number of para-hydroxylation sites is 2. The summed E-state index contributed by atoms with van der Waals surface area (Å²) < 4.78 is 12.8. The Morgan fingerprint density at radius 3 is 2.69 bits per heavy atom. The van der Waals surface area contributed by atoms with E-state index in [9.17, 15) is 0 Å². The molecule has 0 unspecified atom stereocenters. The molecule has 26 heavy (non-hydrogen) atoms. The Morgan fingerprint density at radius 1 is 1.08 bits per heavy atom. The number of hydrogen-bond donors (Lipinski definition) is 0. The Hall–Kier alpha value is -3.06. The lowest BCUT2D eigenvalue weighted by Gasteiger charge is -2.17. The molecule has 0 radical (unpaired) electrons. The fourth-order valence-corrected chi connectivity index (χ4v) is 2.51. The van der Waals surface area contributed by atoms with Crippen LogP contribution < -0.4 is 0 Å². The summed E-state index contributed by atoms with van der Waals surface area (Å²) in [6, 6.07) is 11.8. The van der Waals surface area contributed by atoms with E-state index in [0.29, 0.717) is 11.7 Å². The zero-order valence-electron chi connectivity index (χ0n) is 14.9. The van der Waals surface area contributed by atoms with E-state index in [1.165, 1.54) is 0 Å². The van der Waals surface area contributed by atoms with Gasteiger partial charge in [0.15, 0.2) is 0 Å². The Morgan fingerprint density at radius 2 is 1.92 bits per heavy atom. The summed E-state index contributed by atoms with van der Waals surface area (Å²) in [4.78, 5) is 13.3. The van der Waals surface area contributed by atoms with Gasteiger partial charge in [-0.05, 0) is 45.0 Å². The van der Waals surface area contributed by atoms with Gasteiger partial charge in [-0.25, -0.2) is 9.97 Å². The molecule has 0 atom stereocenters. The topological polar surface area (TPSA) is 78.9 Å². The summed E-state index contributed by atoms with van der Waals surface area (Å²) >= 11 is 0. The fourth-order valence-electron chi connectivity index (χ4n) is 2.51. The van der Waals surface area contributed by atoms with E-state index in [1.54, 1.807) is 12.5 Å². The highest BCUT2D eigenvalue weighted by Gasteiger charge is 2.15. The highest BCUT2D eigenvalue weighted by atomic mass is 16.5. The number of fused-ring (bicyclic) bond motifs is 1. The molecule has 3 aromatic heterocycles. The summed E-state index contributed by atoms with van der Waals surface area (Å²) in [5, 5.41) is 4.00. The van der Waals surface area contributed by atoms with Crippen molar-refractivity contribution in [2.45, 2.75) is 33.0 Å². The maximum atomic E-state index is 5.65. The van der Waals surface area contributed by atoms with Crippen LogP contribution >= 0.6 is 0 Å². The molecule has 0 bridgehead atoms. The van der Waals surface area contributed by atoms with Crippen molar-refractivity contribution in [1.82, 2.24) is 24.7 Å². The lowest BCUT2D eigenvalue weighted by atomic mass is 10.2. The van der Waals surface area contributed by atoms with Gasteiger partial charge in [0.2, 0.25) is 5.82 Å². The van der Waals surface area contributed by atoms with Gasteiger partial charge < -0.3 is 9.26 Å². The molecular formula is C19H19N5O2. The second-order valence-electron chi connectivity index (χ2n) is 6.92. The van der Waals surface area contributed by atoms with Crippen molar-refractivity contribution in [2.75, 3.05) is 0 Å². The van der Waals surface area contributed by atoms with E-state index in [4.69, 9.17) is 9.26 Å². The van der Waals surface area contributed by atoms with Crippen molar-refractivity contribution in [3.63, 3.8) is 0 Å². The largest absolute Gasteiger partial charge is 0.366 e. The highest BCUT2D eigenvalue weighted by molar-refractivity contribution is 5.76. The van der Waals surface area contributed by atoms with Crippen LogP contribution in [0.25, 0.3) is 28.2 Å². The summed E-state index contributed by atoms with van der Waals surface area (Å²) in [6.45, 7) is 6.22. The van der Waals surface area contributed by atoms with E-state index < -0.39 is 0 Å². The molecule has 0 saturated carbocycles. The summed E-state index contributed by atoms with van der Waals surface area (Å²) in [7, 11) is 0. The van der Waals surface area contributed by atoms with Gasteiger partial charge in [0, 0.05) is 11.8 Å². The van der Waals surface area contributed by atoms with E-state index in [-0.39, 0.29) is 12.2 Å². The minimum absolute atomic E-state index is 0.259. The van der Waals surface area contributed by atoms with Gasteiger partial charge in [0.1, 0.15) is 18.8 Å². The average molecular weight is 349 g/mol. The van der Waals surface area contributed by atoms with Gasteiger partial charge in [0.05, 0.1) is 16.6 Å². The Balaban J connectivity index is 1.56. The van der Waals surface area contributed by atoms with Crippen LogP contribution in [-0.2, 0) is 11.3 Å². The lowest BCUT2D eigenvalue weighted by Crippen LogP contribution is -2.18. The van der Waals surface area contributed by atoms with E-state index in [0.717, 1.165) is 22.4 Å². The van der Waals surface area contributed by atoms with Crippen LogP contribution in [0.2, 0.25) is 0 Å². The first kappa shape index (κ1) is 16.4. The average Bonchev–Trinajstić information content (AvgIpc) is 3.27. The van der Waals surface area contributed by atoms with Crippen molar-refractivity contribution < 1.29 is 9.26 Å². The van der Waals surface area contributed by atoms with Gasteiger partial charge in [0.25, 0.3) is 5.89 Å². The minimum atomic E-state index is -0.259. The molecule has 0 spiro atoms. The van der Waals surface area contributed by atoms with Crippen LogP contribution in [0.5, 0.6) is 0 Å². The zero-order chi connectivity index (χ0) is 18.1. The van der Waals surface area contributed by atoms with Crippen molar-refractivity contribution in [2.24, 2.45) is 0 Å². The number of hydrogen-bond acceptors (Lipinski definition) is 6. The third kappa shape index (κ3) is 3.34. The number of ether oxygens (including phenoxy) is 1. The molecule has 0 aliphatic carbocycles. The van der Waals surface area contributed by atoms with Crippen LogP contribution in [0.15, 0.2) is 53.4 Å². The molecule has 7 nitrogen and oxygen atoms in total. The Labute approximate surface area is 150 Å². The lowest BCUT2D eigenvalue weighted by molar-refractivity contribution is -0.0260. The van der Waals surface area contributed by atoms with Crippen LogP contribution in [0.4, 0.5) is 0 Å². The molecule has 0 amide bonds. The highest BCUT2D eigenvalue weighted by Crippen LogP contribution is 2.20.